The molecule has 32 heavy (non-hydrogen) atoms. The van der Waals surface area contributed by atoms with Crippen molar-refractivity contribution in [3.63, 3.8) is 0 Å². The van der Waals surface area contributed by atoms with Gasteiger partial charge in [0.05, 0.1) is 18.2 Å². The van der Waals surface area contributed by atoms with Gasteiger partial charge in [-0.3, -0.25) is 4.79 Å². The van der Waals surface area contributed by atoms with Crippen molar-refractivity contribution in [3.8, 4) is 5.75 Å². The zero-order chi connectivity index (χ0) is 23.0. The van der Waals surface area contributed by atoms with E-state index in [0.29, 0.717) is 39.0 Å². The SMILES string of the molecule is Cc1cccc(OCCNC(=O)[C@H]2CCCN(S(=O)(=O)CCCc3ccccc3)C2)c1C. The fourth-order valence-corrected chi connectivity index (χ4v) is 5.58. The molecule has 2 aromatic carbocycles. The number of hydrogen-bond donors (Lipinski definition) is 1. The van der Waals surface area contributed by atoms with Gasteiger partial charge in [-0.1, -0.05) is 42.5 Å². The molecule has 0 saturated carbocycles. The van der Waals surface area contributed by atoms with Crippen molar-refractivity contribution in [1.82, 2.24) is 9.62 Å². The summed E-state index contributed by atoms with van der Waals surface area (Å²) in [4.78, 5) is 12.6. The van der Waals surface area contributed by atoms with E-state index in [1.165, 1.54) is 9.87 Å². The smallest absolute Gasteiger partial charge is 0.224 e. The van der Waals surface area contributed by atoms with Crippen LogP contribution in [0.2, 0.25) is 0 Å². The molecule has 1 amide bonds. The Labute approximate surface area is 192 Å². The lowest BCUT2D eigenvalue weighted by molar-refractivity contribution is -0.126. The molecule has 0 radical (unpaired) electrons. The summed E-state index contributed by atoms with van der Waals surface area (Å²) in [7, 11) is -3.36. The predicted octanol–water partition coefficient (Wildman–Crippen LogP) is 3.47. The summed E-state index contributed by atoms with van der Waals surface area (Å²) >= 11 is 0. The van der Waals surface area contributed by atoms with Gasteiger partial charge in [0.2, 0.25) is 15.9 Å². The number of rotatable bonds is 10. The first kappa shape index (κ1) is 24.3. The molecule has 1 fully saturated rings. The molecule has 1 aliphatic rings. The lowest BCUT2D eigenvalue weighted by atomic mass is 9.99. The van der Waals surface area contributed by atoms with E-state index in [2.05, 4.69) is 5.32 Å². The Morgan fingerprint density at radius 3 is 2.69 bits per heavy atom. The van der Waals surface area contributed by atoms with E-state index in [1.54, 1.807) is 0 Å². The van der Waals surface area contributed by atoms with Gasteiger partial charge in [0.15, 0.2) is 0 Å². The summed E-state index contributed by atoms with van der Waals surface area (Å²) in [6, 6.07) is 15.8. The Morgan fingerprint density at radius 1 is 1.12 bits per heavy atom. The third kappa shape index (κ3) is 6.81. The van der Waals surface area contributed by atoms with Gasteiger partial charge in [-0.2, -0.15) is 0 Å². The van der Waals surface area contributed by atoms with Gasteiger partial charge in [0, 0.05) is 13.1 Å². The lowest BCUT2D eigenvalue weighted by Gasteiger charge is -2.31. The number of benzene rings is 2. The van der Waals surface area contributed by atoms with Gasteiger partial charge in [-0.15, -0.1) is 0 Å². The number of piperidine rings is 1. The molecule has 6 nitrogen and oxygen atoms in total. The molecule has 1 saturated heterocycles. The van der Waals surface area contributed by atoms with Crippen LogP contribution in [0.4, 0.5) is 0 Å². The molecule has 1 N–H and O–H groups in total. The van der Waals surface area contributed by atoms with E-state index >= 15 is 0 Å². The summed E-state index contributed by atoms with van der Waals surface area (Å²) < 4.78 is 32.9. The van der Waals surface area contributed by atoms with Crippen LogP contribution < -0.4 is 10.1 Å². The highest BCUT2D eigenvalue weighted by Gasteiger charge is 2.31. The number of nitrogens with zero attached hydrogens (tertiary/aromatic N) is 1. The molecule has 174 valence electrons. The van der Waals surface area contributed by atoms with Crippen LogP contribution in [0.5, 0.6) is 5.75 Å². The number of ether oxygens (including phenoxy) is 1. The van der Waals surface area contributed by atoms with E-state index in [-0.39, 0.29) is 24.1 Å². The van der Waals surface area contributed by atoms with E-state index in [4.69, 9.17) is 4.74 Å². The second-order valence-corrected chi connectivity index (χ2v) is 10.5. The van der Waals surface area contributed by atoms with Crippen LogP contribution in [0.3, 0.4) is 0 Å². The highest BCUT2D eigenvalue weighted by atomic mass is 32.2. The fourth-order valence-electron chi connectivity index (χ4n) is 4.00. The largest absolute Gasteiger partial charge is 0.491 e. The third-order valence-electron chi connectivity index (χ3n) is 6.07. The first-order chi connectivity index (χ1) is 15.4. The Bertz CT molecular complexity index is 992. The van der Waals surface area contributed by atoms with Crippen LogP contribution in [0.15, 0.2) is 48.5 Å². The quantitative estimate of drug-likeness (QED) is 0.553. The van der Waals surface area contributed by atoms with Gasteiger partial charge >= 0.3 is 0 Å². The molecule has 0 bridgehead atoms. The van der Waals surface area contributed by atoms with Crippen LogP contribution in [-0.2, 0) is 21.2 Å². The Kier molecular flexibility index (Phi) is 8.70. The molecule has 1 aliphatic heterocycles. The molecule has 3 rings (SSSR count). The normalized spacial score (nSPS) is 17.1. The van der Waals surface area contributed by atoms with Crippen LogP contribution in [-0.4, -0.2) is 50.6 Å². The minimum absolute atomic E-state index is 0.0984. The highest BCUT2D eigenvalue weighted by molar-refractivity contribution is 7.89. The highest BCUT2D eigenvalue weighted by Crippen LogP contribution is 2.21. The van der Waals surface area contributed by atoms with E-state index in [9.17, 15) is 13.2 Å². The van der Waals surface area contributed by atoms with Gasteiger partial charge < -0.3 is 10.1 Å². The van der Waals surface area contributed by atoms with Crippen molar-refractivity contribution in [3.05, 3.63) is 65.2 Å². The molecule has 0 aromatic heterocycles. The van der Waals surface area contributed by atoms with Crippen molar-refractivity contribution < 1.29 is 17.9 Å². The lowest BCUT2D eigenvalue weighted by Crippen LogP contribution is -2.46. The van der Waals surface area contributed by atoms with Gasteiger partial charge in [0.25, 0.3) is 0 Å². The fraction of sp³-hybridized carbons (Fsp3) is 0.480. The standard InChI is InChI=1S/C25H34N2O4S/c1-20-9-6-14-24(21(20)2)31-17-15-26-25(28)23-13-7-16-27(19-23)32(29,30)18-8-12-22-10-4-3-5-11-22/h3-6,9-11,14,23H,7-8,12-13,15-19H2,1-2H3,(H,26,28)/t23-/m0/s1. The number of hydrogen-bond acceptors (Lipinski definition) is 4. The monoisotopic (exact) mass is 458 g/mol. The Morgan fingerprint density at radius 2 is 1.91 bits per heavy atom. The number of carbonyl (C=O) groups is 1. The van der Waals surface area contributed by atoms with Crippen molar-refractivity contribution in [2.75, 3.05) is 32.0 Å². The minimum atomic E-state index is -3.36. The second kappa shape index (κ2) is 11.5. The molecule has 0 spiro atoms. The van der Waals surface area contributed by atoms with Crippen molar-refractivity contribution in [2.24, 2.45) is 5.92 Å². The maximum absolute atomic E-state index is 12.8. The minimum Gasteiger partial charge on any atom is -0.491 e. The number of nitrogens with one attached hydrogen (secondary N) is 1. The first-order valence-electron chi connectivity index (χ1n) is 11.4. The number of amides is 1. The van der Waals surface area contributed by atoms with E-state index < -0.39 is 10.0 Å². The molecular formula is C25H34N2O4S. The number of aryl methyl sites for hydroxylation is 2. The Balaban J connectivity index is 1.42. The zero-order valence-corrected chi connectivity index (χ0v) is 19.9. The number of carbonyl (C=O) groups excluding carboxylic acids is 1. The molecule has 0 unspecified atom stereocenters. The summed E-state index contributed by atoms with van der Waals surface area (Å²) in [6.45, 7) is 5.58. The van der Waals surface area contributed by atoms with Gasteiger partial charge in [-0.05, 0) is 62.3 Å². The van der Waals surface area contributed by atoms with Crippen LogP contribution in [0.1, 0.15) is 36.0 Å². The van der Waals surface area contributed by atoms with Crippen molar-refractivity contribution in [1.29, 1.82) is 0 Å². The second-order valence-electron chi connectivity index (χ2n) is 8.44. The zero-order valence-electron chi connectivity index (χ0n) is 19.0. The van der Waals surface area contributed by atoms with Crippen molar-refractivity contribution in [2.45, 2.75) is 39.5 Å². The summed E-state index contributed by atoms with van der Waals surface area (Å²) in [5.74, 6) is 0.525. The molecule has 0 aliphatic carbocycles. The maximum Gasteiger partial charge on any atom is 0.224 e. The molecule has 7 heteroatoms. The average Bonchev–Trinajstić information content (AvgIpc) is 2.80. The van der Waals surface area contributed by atoms with Crippen LogP contribution in [0, 0.1) is 19.8 Å². The van der Waals surface area contributed by atoms with Crippen LogP contribution >= 0.6 is 0 Å². The van der Waals surface area contributed by atoms with E-state index in [0.717, 1.165) is 23.3 Å². The predicted molar refractivity (Wildman–Crippen MR) is 127 cm³/mol. The van der Waals surface area contributed by atoms with E-state index in [1.807, 2.05) is 62.4 Å². The molecular weight excluding hydrogens is 424 g/mol. The third-order valence-corrected chi connectivity index (χ3v) is 8.00. The molecule has 1 heterocycles. The van der Waals surface area contributed by atoms with Gasteiger partial charge in [0.1, 0.15) is 12.4 Å². The summed E-state index contributed by atoms with van der Waals surface area (Å²) in [6.07, 6.45) is 2.72. The average molecular weight is 459 g/mol. The molecule has 1 atom stereocenters. The molecule has 2 aromatic rings. The maximum atomic E-state index is 12.8. The Hall–Kier alpha value is -2.38. The first-order valence-corrected chi connectivity index (χ1v) is 13.0. The van der Waals surface area contributed by atoms with Crippen molar-refractivity contribution >= 4 is 15.9 Å². The van der Waals surface area contributed by atoms with Crippen LogP contribution in [0.25, 0.3) is 0 Å². The topological polar surface area (TPSA) is 75.7 Å². The summed E-state index contributed by atoms with van der Waals surface area (Å²) in [5.41, 5.74) is 3.40. The number of sulfonamides is 1. The van der Waals surface area contributed by atoms with Gasteiger partial charge in [-0.25, -0.2) is 12.7 Å². The summed E-state index contributed by atoms with van der Waals surface area (Å²) in [5, 5.41) is 2.91.